The molecule has 42 heavy (non-hydrogen) atoms. The van der Waals surface area contributed by atoms with Crippen molar-refractivity contribution in [1.29, 1.82) is 0 Å². The number of likely N-dealkylation sites (N-methyl/N-ethyl adjacent to an activating group) is 1. The number of hydrogen-bond donors (Lipinski definition) is 2. The maximum absolute atomic E-state index is 15.4. The maximum atomic E-state index is 15.4. The van der Waals surface area contributed by atoms with Crippen LogP contribution in [0.25, 0.3) is 11.3 Å². The van der Waals surface area contributed by atoms with Gasteiger partial charge in [0.05, 0.1) is 12.1 Å². The van der Waals surface area contributed by atoms with Crippen molar-refractivity contribution < 1.29 is 27.8 Å². The summed E-state index contributed by atoms with van der Waals surface area (Å²) in [6.45, 7) is 7.18. The second-order valence-electron chi connectivity index (χ2n) is 12.0. The highest BCUT2D eigenvalue weighted by Crippen LogP contribution is 2.57. The Morgan fingerprint density at radius 1 is 1.14 bits per heavy atom. The van der Waals surface area contributed by atoms with Gasteiger partial charge >= 0.3 is 6.09 Å². The van der Waals surface area contributed by atoms with Crippen molar-refractivity contribution in [3.63, 3.8) is 0 Å². The lowest BCUT2D eigenvalue weighted by molar-refractivity contribution is 0.0278. The molecule has 0 unspecified atom stereocenters. The zero-order valence-corrected chi connectivity index (χ0v) is 24.4. The summed E-state index contributed by atoms with van der Waals surface area (Å²) in [5.41, 5.74) is 8.20. The second kappa shape index (κ2) is 10.8. The SMILES string of the molecule is Cc1c(NC(=O)c2ccc3c(c2F)CCC32CC2)cc(F)cc1-c1ncnc(N)c1OCCN(C)C(=O)OC(C)(C)C. The van der Waals surface area contributed by atoms with E-state index in [2.05, 4.69) is 15.3 Å². The number of ether oxygens (including phenoxy) is 2. The first-order chi connectivity index (χ1) is 19.8. The van der Waals surface area contributed by atoms with E-state index in [9.17, 15) is 14.0 Å². The summed E-state index contributed by atoms with van der Waals surface area (Å²) in [5.74, 6) is -1.72. The number of benzene rings is 2. The van der Waals surface area contributed by atoms with Crippen LogP contribution < -0.4 is 15.8 Å². The number of nitrogens with zero attached hydrogens (tertiary/aromatic N) is 3. The van der Waals surface area contributed by atoms with Gasteiger partial charge < -0.3 is 25.4 Å². The molecule has 1 saturated carbocycles. The van der Waals surface area contributed by atoms with Gasteiger partial charge in [-0.3, -0.25) is 4.79 Å². The summed E-state index contributed by atoms with van der Waals surface area (Å²) in [6.07, 6.45) is 4.32. The van der Waals surface area contributed by atoms with Crippen LogP contribution in [-0.2, 0) is 16.6 Å². The normalized spacial score (nSPS) is 14.8. The average molecular weight is 580 g/mol. The van der Waals surface area contributed by atoms with Crippen LogP contribution in [0.3, 0.4) is 0 Å². The molecule has 0 aliphatic heterocycles. The molecule has 1 heterocycles. The summed E-state index contributed by atoms with van der Waals surface area (Å²) >= 11 is 0. The minimum absolute atomic E-state index is 0.0165. The molecule has 2 aliphatic rings. The molecular formula is C31H35F2N5O4. The van der Waals surface area contributed by atoms with Gasteiger partial charge in [0.25, 0.3) is 5.91 Å². The molecule has 1 aromatic heterocycles. The van der Waals surface area contributed by atoms with Gasteiger partial charge in [-0.25, -0.2) is 23.5 Å². The minimum atomic E-state index is -0.671. The second-order valence-corrected chi connectivity index (χ2v) is 12.0. The quantitative estimate of drug-likeness (QED) is 0.364. The van der Waals surface area contributed by atoms with E-state index in [0.717, 1.165) is 24.8 Å². The zero-order chi connectivity index (χ0) is 30.4. The van der Waals surface area contributed by atoms with Crippen LogP contribution in [0, 0.1) is 18.6 Å². The molecule has 2 amide bonds. The Bertz CT molecular complexity index is 1570. The Labute approximate surface area is 243 Å². The Kier molecular flexibility index (Phi) is 7.55. The zero-order valence-electron chi connectivity index (χ0n) is 24.4. The van der Waals surface area contributed by atoms with Gasteiger partial charge in [0, 0.05) is 18.3 Å². The molecule has 0 atom stereocenters. The summed E-state index contributed by atoms with van der Waals surface area (Å²) in [6, 6.07) is 5.78. The summed E-state index contributed by atoms with van der Waals surface area (Å²) < 4.78 is 41.6. The van der Waals surface area contributed by atoms with Crippen molar-refractivity contribution in [3.8, 4) is 17.0 Å². The lowest BCUT2D eigenvalue weighted by Crippen LogP contribution is -2.36. The molecule has 222 valence electrons. The molecule has 2 aromatic carbocycles. The predicted molar refractivity (Wildman–Crippen MR) is 155 cm³/mol. The van der Waals surface area contributed by atoms with Crippen molar-refractivity contribution in [1.82, 2.24) is 14.9 Å². The van der Waals surface area contributed by atoms with Gasteiger partial charge in [0.2, 0.25) is 0 Å². The molecule has 0 bridgehead atoms. The highest BCUT2D eigenvalue weighted by molar-refractivity contribution is 6.05. The van der Waals surface area contributed by atoms with Crippen molar-refractivity contribution in [3.05, 3.63) is 64.5 Å². The van der Waals surface area contributed by atoms with Crippen LogP contribution in [0.2, 0.25) is 0 Å². The average Bonchev–Trinajstić information content (AvgIpc) is 3.60. The van der Waals surface area contributed by atoms with E-state index in [4.69, 9.17) is 15.2 Å². The molecule has 1 spiro atoms. The van der Waals surface area contributed by atoms with E-state index in [1.165, 1.54) is 29.4 Å². The summed E-state index contributed by atoms with van der Waals surface area (Å²) in [7, 11) is 1.57. The number of carbonyl (C=O) groups excluding carboxylic acids is 2. The van der Waals surface area contributed by atoms with Crippen molar-refractivity contribution >= 4 is 23.5 Å². The molecular weight excluding hydrogens is 544 g/mol. The fourth-order valence-corrected chi connectivity index (χ4v) is 5.39. The molecule has 2 aliphatic carbocycles. The Morgan fingerprint density at radius 2 is 1.88 bits per heavy atom. The van der Waals surface area contributed by atoms with E-state index in [1.54, 1.807) is 34.7 Å². The third-order valence-corrected chi connectivity index (χ3v) is 7.85. The van der Waals surface area contributed by atoms with Crippen LogP contribution in [-0.4, -0.2) is 52.7 Å². The molecule has 9 nitrogen and oxygen atoms in total. The van der Waals surface area contributed by atoms with E-state index in [1.807, 2.05) is 6.07 Å². The van der Waals surface area contributed by atoms with Crippen LogP contribution >= 0.6 is 0 Å². The van der Waals surface area contributed by atoms with E-state index in [0.29, 0.717) is 23.1 Å². The smallest absolute Gasteiger partial charge is 0.410 e. The first-order valence-electron chi connectivity index (χ1n) is 13.9. The number of carbonyl (C=O) groups is 2. The fourth-order valence-electron chi connectivity index (χ4n) is 5.39. The number of fused-ring (bicyclic) bond motifs is 2. The lowest BCUT2D eigenvalue weighted by Gasteiger charge is -2.24. The number of nitrogens with one attached hydrogen (secondary N) is 1. The van der Waals surface area contributed by atoms with Crippen molar-refractivity contribution in [2.75, 3.05) is 31.2 Å². The third kappa shape index (κ3) is 5.73. The summed E-state index contributed by atoms with van der Waals surface area (Å²) in [5, 5.41) is 2.68. The van der Waals surface area contributed by atoms with Crippen LogP contribution in [0.5, 0.6) is 5.75 Å². The van der Waals surface area contributed by atoms with E-state index < -0.39 is 29.2 Å². The monoisotopic (exact) mass is 579 g/mol. The lowest BCUT2D eigenvalue weighted by atomic mass is 9.96. The first kappa shape index (κ1) is 29.2. The van der Waals surface area contributed by atoms with Gasteiger partial charge in [-0.05, 0) is 93.7 Å². The minimum Gasteiger partial charge on any atom is -0.486 e. The number of rotatable bonds is 7. The van der Waals surface area contributed by atoms with Crippen molar-refractivity contribution in [2.24, 2.45) is 0 Å². The number of halogens is 2. The summed E-state index contributed by atoms with van der Waals surface area (Å²) in [4.78, 5) is 35.1. The number of nitrogens with two attached hydrogens (primary N) is 1. The largest absolute Gasteiger partial charge is 0.486 e. The fraction of sp³-hybridized carbons (Fsp3) is 0.419. The van der Waals surface area contributed by atoms with Gasteiger partial charge in [-0.1, -0.05) is 6.07 Å². The molecule has 0 saturated heterocycles. The maximum Gasteiger partial charge on any atom is 0.410 e. The van der Waals surface area contributed by atoms with E-state index in [-0.39, 0.29) is 47.1 Å². The van der Waals surface area contributed by atoms with Gasteiger partial charge in [0.1, 0.15) is 35.9 Å². The third-order valence-electron chi connectivity index (χ3n) is 7.85. The molecule has 1 fully saturated rings. The van der Waals surface area contributed by atoms with Crippen LogP contribution in [0.4, 0.5) is 25.1 Å². The molecule has 5 rings (SSSR count). The Morgan fingerprint density at radius 3 is 2.57 bits per heavy atom. The topological polar surface area (TPSA) is 120 Å². The number of amides is 2. The standard InChI is InChI=1S/C31H35F2N5O4/c1-17-21(25-26(27(34)36-16-35-25)41-13-12-38(5)29(40)42-30(2,3)4)14-18(32)15-23(17)37-28(39)20-6-7-22-19(24(20)33)8-9-31(22)10-11-31/h6-7,14-16H,8-13H2,1-5H3,(H,37,39)(H2,34,35,36). The Hall–Kier alpha value is -4.28. The van der Waals surface area contributed by atoms with Gasteiger partial charge in [-0.2, -0.15) is 0 Å². The number of hydrogen-bond acceptors (Lipinski definition) is 7. The molecule has 0 radical (unpaired) electrons. The molecule has 3 N–H and O–H groups in total. The highest BCUT2D eigenvalue weighted by Gasteiger charge is 2.49. The van der Waals surface area contributed by atoms with Crippen molar-refractivity contribution in [2.45, 2.75) is 64.4 Å². The first-order valence-corrected chi connectivity index (χ1v) is 13.9. The van der Waals surface area contributed by atoms with E-state index >= 15 is 4.39 Å². The van der Waals surface area contributed by atoms with Gasteiger partial charge in [0.15, 0.2) is 11.6 Å². The van der Waals surface area contributed by atoms with Crippen LogP contribution in [0.15, 0.2) is 30.6 Å². The molecule has 11 heteroatoms. The predicted octanol–water partition coefficient (Wildman–Crippen LogP) is 5.79. The highest BCUT2D eigenvalue weighted by atomic mass is 19.1. The number of anilines is 2. The number of nitrogen functional groups attached to an aromatic ring is 1. The number of aromatic nitrogens is 2. The molecule has 3 aromatic rings. The van der Waals surface area contributed by atoms with Gasteiger partial charge in [-0.15, -0.1) is 0 Å². The van der Waals surface area contributed by atoms with Crippen LogP contribution in [0.1, 0.15) is 67.1 Å². The Balaban J connectivity index is 1.37.